The van der Waals surface area contributed by atoms with Gasteiger partial charge in [-0.1, -0.05) is 0 Å². The zero-order chi connectivity index (χ0) is 7.40. The Morgan fingerprint density at radius 2 is 2.20 bits per heavy atom. The van der Waals surface area contributed by atoms with Gasteiger partial charge in [0.1, 0.15) is 11.5 Å². The number of rotatable bonds is 2. The van der Waals surface area contributed by atoms with Gasteiger partial charge < -0.3 is 10.2 Å². The van der Waals surface area contributed by atoms with E-state index >= 15 is 0 Å². The van der Waals surface area contributed by atoms with Gasteiger partial charge in [0.15, 0.2) is 0 Å². The van der Waals surface area contributed by atoms with Gasteiger partial charge in [-0.05, 0) is 12.1 Å². The summed E-state index contributed by atoms with van der Waals surface area (Å²) in [6.07, 6.45) is 0.319. The molecule has 1 aromatic rings. The molecule has 1 aromatic heterocycles. The highest BCUT2D eigenvalue weighted by Gasteiger charge is 1.97. The van der Waals surface area contributed by atoms with Crippen LogP contribution in [0.5, 0.6) is 0 Å². The minimum atomic E-state index is 0.319. The van der Waals surface area contributed by atoms with Crippen LogP contribution in [0.2, 0.25) is 0 Å². The summed E-state index contributed by atoms with van der Waals surface area (Å²) in [5.74, 6) is 1.41. The highest BCUT2D eigenvalue weighted by atomic mass is 16.3. The summed E-state index contributed by atoms with van der Waals surface area (Å²) in [5.41, 5.74) is 5.28. The van der Waals surface area contributed by atoms with E-state index in [9.17, 15) is 0 Å². The molecule has 0 aliphatic carbocycles. The first-order valence-electron chi connectivity index (χ1n) is 3.01. The van der Waals surface area contributed by atoms with Crippen molar-refractivity contribution in [2.75, 3.05) is 0 Å². The molecule has 0 fully saturated rings. The first-order chi connectivity index (χ1) is 4.86. The van der Waals surface area contributed by atoms with Gasteiger partial charge >= 0.3 is 0 Å². The molecule has 10 heavy (non-hydrogen) atoms. The SMILES string of the molecule is N#CCc1ccc(CN)o1. The minimum absolute atomic E-state index is 0.319. The van der Waals surface area contributed by atoms with Crippen molar-refractivity contribution in [3.05, 3.63) is 23.7 Å². The van der Waals surface area contributed by atoms with Gasteiger partial charge in [-0.25, -0.2) is 0 Å². The summed E-state index contributed by atoms with van der Waals surface area (Å²) < 4.78 is 5.13. The van der Waals surface area contributed by atoms with Crippen LogP contribution in [0.15, 0.2) is 16.5 Å². The molecule has 0 spiro atoms. The first kappa shape index (κ1) is 6.84. The maximum atomic E-state index is 8.26. The van der Waals surface area contributed by atoms with Gasteiger partial charge in [-0.3, -0.25) is 0 Å². The number of hydrogen-bond acceptors (Lipinski definition) is 3. The standard InChI is InChI=1S/C7H8N2O/c8-4-3-6-1-2-7(5-9)10-6/h1-2H,3,5,9H2. The van der Waals surface area contributed by atoms with Crippen LogP contribution in [-0.4, -0.2) is 0 Å². The summed E-state index contributed by atoms with van der Waals surface area (Å²) in [7, 11) is 0. The number of nitrogens with two attached hydrogens (primary N) is 1. The highest BCUT2D eigenvalue weighted by molar-refractivity contribution is 5.09. The maximum absolute atomic E-state index is 8.26. The number of furan rings is 1. The average molecular weight is 136 g/mol. The Labute approximate surface area is 59.1 Å². The summed E-state index contributed by atoms with van der Waals surface area (Å²) in [5, 5.41) is 8.26. The second-order valence-electron chi connectivity index (χ2n) is 1.91. The van der Waals surface area contributed by atoms with Gasteiger partial charge in [0.05, 0.1) is 19.0 Å². The van der Waals surface area contributed by atoms with Gasteiger partial charge in [0.25, 0.3) is 0 Å². The second kappa shape index (κ2) is 3.04. The lowest BCUT2D eigenvalue weighted by Crippen LogP contribution is -1.92. The molecule has 1 rings (SSSR count). The molecular weight excluding hydrogens is 128 g/mol. The molecule has 0 aliphatic heterocycles. The third-order valence-corrected chi connectivity index (χ3v) is 1.17. The van der Waals surface area contributed by atoms with Crippen molar-refractivity contribution < 1.29 is 4.42 Å². The van der Waals surface area contributed by atoms with Crippen LogP contribution in [0.1, 0.15) is 11.5 Å². The molecule has 0 aromatic carbocycles. The van der Waals surface area contributed by atoms with E-state index in [1.807, 2.05) is 6.07 Å². The van der Waals surface area contributed by atoms with Gasteiger partial charge in [-0.15, -0.1) is 0 Å². The molecule has 0 amide bonds. The van der Waals surface area contributed by atoms with Gasteiger partial charge in [0.2, 0.25) is 0 Å². The van der Waals surface area contributed by atoms with Crippen molar-refractivity contribution in [2.45, 2.75) is 13.0 Å². The normalized spacial score (nSPS) is 9.20. The maximum Gasteiger partial charge on any atom is 0.118 e. The Morgan fingerprint density at radius 1 is 1.50 bits per heavy atom. The van der Waals surface area contributed by atoms with Crippen molar-refractivity contribution >= 4 is 0 Å². The highest BCUT2D eigenvalue weighted by Crippen LogP contribution is 2.06. The van der Waals surface area contributed by atoms with Gasteiger partial charge in [-0.2, -0.15) is 5.26 Å². The molecule has 2 N–H and O–H groups in total. The van der Waals surface area contributed by atoms with Crippen LogP contribution in [0.4, 0.5) is 0 Å². The summed E-state index contributed by atoms with van der Waals surface area (Å²) in [4.78, 5) is 0. The van der Waals surface area contributed by atoms with Gasteiger partial charge in [0, 0.05) is 0 Å². The van der Waals surface area contributed by atoms with Crippen LogP contribution < -0.4 is 5.73 Å². The molecule has 0 atom stereocenters. The second-order valence-corrected chi connectivity index (χ2v) is 1.91. The fourth-order valence-corrected chi connectivity index (χ4v) is 0.705. The van der Waals surface area contributed by atoms with E-state index in [2.05, 4.69) is 0 Å². The predicted molar refractivity (Wildman–Crippen MR) is 35.9 cm³/mol. The van der Waals surface area contributed by atoms with E-state index in [0.717, 1.165) is 5.76 Å². The molecule has 0 radical (unpaired) electrons. The van der Waals surface area contributed by atoms with Crippen LogP contribution in [0, 0.1) is 11.3 Å². The Bertz CT molecular complexity index is 246. The zero-order valence-corrected chi connectivity index (χ0v) is 5.50. The topological polar surface area (TPSA) is 63.0 Å². The monoisotopic (exact) mass is 136 g/mol. The lowest BCUT2D eigenvalue weighted by atomic mass is 10.3. The third kappa shape index (κ3) is 1.36. The molecule has 52 valence electrons. The van der Waals surface area contributed by atoms with Crippen molar-refractivity contribution in [3.63, 3.8) is 0 Å². The summed E-state index contributed by atoms with van der Waals surface area (Å²) in [6, 6.07) is 5.54. The zero-order valence-electron chi connectivity index (χ0n) is 5.50. The van der Waals surface area contributed by atoms with Crippen molar-refractivity contribution in [1.29, 1.82) is 5.26 Å². The van der Waals surface area contributed by atoms with E-state index in [1.54, 1.807) is 12.1 Å². The van der Waals surface area contributed by atoms with E-state index < -0.39 is 0 Å². The van der Waals surface area contributed by atoms with Crippen LogP contribution in [0.3, 0.4) is 0 Å². The molecule has 3 heteroatoms. The average Bonchev–Trinajstić information content (AvgIpc) is 2.37. The summed E-state index contributed by atoms with van der Waals surface area (Å²) in [6.45, 7) is 0.394. The lowest BCUT2D eigenvalue weighted by Gasteiger charge is -1.86. The quantitative estimate of drug-likeness (QED) is 0.654. The first-order valence-corrected chi connectivity index (χ1v) is 3.01. The molecule has 0 aliphatic rings. The van der Waals surface area contributed by atoms with E-state index in [-0.39, 0.29) is 0 Å². The number of nitrogens with zero attached hydrogens (tertiary/aromatic N) is 1. The third-order valence-electron chi connectivity index (χ3n) is 1.17. The summed E-state index contributed by atoms with van der Waals surface area (Å²) >= 11 is 0. The van der Waals surface area contributed by atoms with Crippen molar-refractivity contribution in [2.24, 2.45) is 5.73 Å². The molecule has 3 nitrogen and oxygen atoms in total. The van der Waals surface area contributed by atoms with Crippen LogP contribution >= 0.6 is 0 Å². The molecule has 0 bridgehead atoms. The molecule has 0 saturated carbocycles. The van der Waals surface area contributed by atoms with E-state index in [1.165, 1.54) is 0 Å². The fraction of sp³-hybridized carbons (Fsp3) is 0.286. The number of hydrogen-bond donors (Lipinski definition) is 1. The Balaban J connectivity index is 2.70. The minimum Gasteiger partial charge on any atom is -0.464 e. The fourth-order valence-electron chi connectivity index (χ4n) is 0.705. The number of nitriles is 1. The largest absolute Gasteiger partial charge is 0.464 e. The predicted octanol–water partition coefficient (Wildman–Crippen LogP) is 0.804. The van der Waals surface area contributed by atoms with Crippen LogP contribution in [-0.2, 0) is 13.0 Å². The van der Waals surface area contributed by atoms with Crippen molar-refractivity contribution in [3.8, 4) is 6.07 Å². The Kier molecular flexibility index (Phi) is 2.08. The molecule has 0 unspecified atom stereocenters. The van der Waals surface area contributed by atoms with Crippen molar-refractivity contribution in [1.82, 2.24) is 0 Å². The Morgan fingerprint density at radius 3 is 2.70 bits per heavy atom. The smallest absolute Gasteiger partial charge is 0.118 e. The molecule has 0 saturated heterocycles. The molecular formula is C7H8N2O. The van der Waals surface area contributed by atoms with E-state index in [4.69, 9.17) is 15.4 Å². The van der Waals surface area contributed by atoms with E-state index in [0.29, 0.717) is 18.7 Å². The molecule has 1 heterocycles. The lowest BCUT2D eigenvalue weighted by molar-refractivity contribution is 0.478. The Hall–Kier alpha value is -1.27. The van der Waals surface area contributed by atoms with Crippen LogP contribution in [0.25, 0.3) is 0 Å².